The van der Waals surface area contributed by atoms with Crippen LogP contribution < -0.4 is 10.5 Å². The van der Waals surface area contributed by atoms with E-state index < -0.39 is 0 Å². The topological polar surface area (TPSA) is 61.5 Å². The summed E-state index contributed by atoms with van der Waals surface area (Å²) < 4.78 is 11.2. The first-order valence-corrected chi connectivity index (χ1v) is 7.75. The van der Waals surface area contributed by atoms with Gasteiger partial charge in [0.15, 0.2) is 5.75 Å². The molecule has 21 heavy (non-hydrogen) atoms. The molecule has 0 saturated heterocycles. The van der Waals surface area contributed by atoms with Gasteiger partial charge in [-0.3, -0.25) is 0 Å². The van der Waals surface area contributed by atoms with Crippen molar-refractivity contribution in [1.29, 1.82) is 0 Å². The molecule has 0 spiro atoms. The monoisotopic (exact) mass is 291 g/mol. The Balaban J connectivity index is 2.08. The van der Waals surface area contributed by atoms with Crippen LogP contribution in [0.1, 0.15) is 50.4 Å². The van der Waals surface area contributed by atoms with Gasteiger partial charge in [-0.1, -0.05) is 19.9 Å². The molecule has 4 heteroatoms. The first-order valence-electron chi connectivity index (χ1n) is 7.75. The average molecular weight is 291 g/mol. The maximum absolute atomic E-state index is 12.4. The molecule has 1 aliphatic rings. The zero-order chi connectivity index (χ0) is 15.4. The zero-order valence-corrected chi connectivity index (χ0v) is 13.1. The summed E-state index contributed by atoms with van der Waals surface area (Å²) in [6, 6.07) is 5.19. The number of nitrogen functional groups attached to an aromatic ring is 1. The van der Waals surface area contributed by atoms with Crippen LogP contribution in [0.2, 0.25) is 0 Å². The number of hydrogen-bond donors (Lipinski definition) is 1. The van der Waals surface area contributed by atoms with E-state index in [4.69, 9.17) is 15.2 Å². The first kappa shape index (κ1) is 15.7. The van der Waals surface area contributed by atoms with Crippen LogP contribution in [0.15, 0.2) is 18.2 Å². The lowest BCUT2D eigenvalue weighted by Crippen LogP contribution is -2.28. The maximum atomic E-state index is 12.4. The molecule has 0 radical (unpaired) electrons. The zero-order valence-electron chi connectivity index (χ0n) is 13.1. The molecule has 0 aliphatic heterocycles. The van der Waals surface area contributed by atoms with E-state index in [0.717, 1.165) is 19.3 Å². The molecule has 1 aromatic carbocycles. The molecular formula is C17H25NO3. The third-order valence-electron chi connectivity index (χ3n) is 4.38. The lowest BCUT2D eigenvalue weighted by Gasteiger charge is -2.31. The number of carbonyl (C=O) groups excluding carboxylic acids is 1. The fraction of sp³-hybridized carbons (Fsp3) is 0.588. The van der Waals surface area contributed by atoms with Crippen LogP contribution in [0.5, 0.6) is 5.75 Å². The SMILES string of the molecule is CCOc1c(N)cccc1C(=O)OC1CCC(C)C(C)C1. The number of ether oxygens (including phenoxy) is 2. The van der Waals surface area contributed by atoms with Gasteiger partial charge in [-0.05, 0) is 50.2 Å². The third kappa shape index (κ3) is 3.69. The van der Waals surface area contributed by atoms with Gasteiger partial charge in [0.1, 0.15) is 11.7 Å². The summed E-state index contributed by atoms with van der Waals surface area (Å²) >= 11 is 0. The molecule has 1 aromatic rings. The summed E-state index contributed by atoms with van der Waals surface area (Å²) in [5.41, 5.74) is 6.77. The summed E-state index contributed by atoms with van der Waals surface area (Å²) in [6.07, 6.45) is 2.97. The Morgan fingerprint density at radius 1 is 1.29 bits per heavy atom. The van der Waals surface area contributed by atoms with Crippen LogP contribution in [-0.4, -0.2) is 18.7 Å². The molecule has 0 heterocycles. The molecular weight excluding hydrogens is 266 g/mol. The Kier molecular flexibility index (Phi) is 5.10. The summed E-state index contributed by atoms with van der Waals surface area (Å²) in [6.45, 7) is 6.81. The molecule has 1 saturated carbocycles. The second-order valence-corrected chi connectivity index (χ2v) is 5.95. The van der Waals surface area contributed by atoms with E-state index in [1.54, 1.807) is 18.2 Å². The van der Waals surface area contributed by atoms with E-state index in [-0.39, 0.29) is 12.1 Å². The van der Waals surface area contributed by atoms with E-state index in [1.165, 1.54) is 0 Å². The van der Waals surface area contributed by atoms with Crippen LogP contribution >= 0.6 is 0 Å². The van der Waals surface area contributed by atoms with Crippen molar-refractivity contribution in [2.75, 3.05) is 12.3 Å². The summed E-state index contributed by atoms with van der Waals surface area (Å²) in [5, 5.41) is 0. The molecule has 2 N–H and O–H groups in total. The van der Waals surface area contributed by atoms with Gasteiger partial charge in [0.2, 0.25) is 0 Å². The van der Waals surface area contributed by atoms with Crippen molar-refractivity contribution in [1.82, 2.24) is 0 Å². The van der Waals surface area contributed by atoms with Gasteiger partial charge in [-0.25, -0.2) is 4.79 Å². The second kappa shape index (κ2) is 6.83. The van der Waals surface area contributed by atoms with Gasteiger partial charge in [-0.15, -0.1) is 0 Å². The molecule has 4 nitrogen and oxygen atoms in total. The van der Waals surface area contributed by atoms with Crippen molar-refractivity contribution in [3.05, 3.63) is 23.8 Å². The quantitative estimate of drug-likeness (QED) is 0.679. The summed E-state index contributed by atoms with van der Waals surface area (Å²) in [4.78, 5) is 12.4. The Morgan fingerprint density at radius 3 is 2.71 bits per heavy atom. The molecule has 0 aromatic heterocycles. The van der Waals surface area contributed by atoms with E-state index in [0.29, 0.717) is 35.4 Å². The fourth-order valence-corrected chi connectivity index (χ4v) is 2.84. The minimum absolute atomic E-state index is 0.000364. The van der Waals surface area contributed by atoms with Crippen molar-refractivity contribution >= 4 is 11.7 Å². The van der Waals surface area contributed by atoms with Gasteiger partial charge in [0.25, 0.3) is 0 Å². The predicted octanol–water partition coefficient (Wildman–Crippen LogP) is 3.65. The predicted molar refractivity (Wildman–Crippen MR) is 83.4 cm³/mol. The number of anilines is 1. The Labute approximate surface area is 126 Å². The van der Waals surface area contributed by atoms with Crippen LogP contribution in [0.25, 0.3) is 0 Å². The van der Waals surface area contributed by atoms with Gasteiger partial charge in [-0.2, -0.15) is 0 Å². The Hall–Kier alpha value is -1.71. The number of rotatable bonds is 4. The lowest BCUT2D eigenvalue weighted by atomic mass is 9.80. The highest BCUT2D eigenvalue weighted by Gasteiger charge is 2.28. The number of nitrogens with two attached hydrogens (primary N) is 1. The van der Waals surface area contributed by atoms with Crippen molar-refractivity contribution in [2.24, 2.45) is 11.8 Å². The van der Waals surface area contributed by atoms with Gasteiger partial charge < -0.3 is 15.2 Å². The average Bonchev–Trinajstić information content (AvgIpc) is 2.45. The normalized spacial score (nSPS) is 25.4. The van der Waals surface area contributed by atoms with E-state index in [2.05, 4.69) is 13.8 Å². The summed E-state index contributed by atoms with van der Waals surface area (Å²) in [7, 11) is 0. The van der Waals surface area contributed by atoms with Gasteiger partial charge >= 0.3 is 5.97 Å². The Morgan fingerprint density at radius 2 is 2.05 bits per heavy atom. The number of hydrogen-bond acceptors (Lipinski definition) is 4. The number of carbonyl (C=O) groups is 1. The molecule has 3 unspecified atom stereocenters. The largest absolute Gasteiger partial charge is 0.491 e. The molecule has 3 atom stereocenters. The van der Waals surface area contributed by atoms with Crippen molar-refractivity contribution in [2.45, 2.75) is 46.1 Å². The first-order chi connectivity index (χ1) is 10.0. The van der Waals surface area contributed by atoms with Crippen molar-refractivity contribution in [3.8, 4) is 5.75 Å². The third-order valence-corrected chi connectivity index (χ3v) is 4.38. The lowest BCUT2D eigenvalue weighted by molar-refractivity contribution is 0.00847. The summed E-state index contributed by atoms with van der Waals surface area (Å²) in [5.74, 6) is 1.38. The molecule has 1 aliphatic carbocycles. The second-order valence-electron chi connectivity index (χ2n) is 5.95. The van der Waals surface area contributed by atoms with Gasteiger partial charge in [0, 0.05) is 0 Å². The highest BCUT2D eigenvalue weighted by atomic mass is 16.5. The van der Waals surface area contributed by atoms with Crippen molar-refractivity contribution in [3.63, 3.8) is 0 Å². The van der Waals surface area contributed by atoms with Crippen LogP contribution in [0, 0.1) is 11.8 Å². The molecule has 0 bridgehead atoms. The minimum Gasteiger partial charge on any atom is -0.491 e. The molecule has 0 amide bonds. The fourth-order valence-electron chi connectivity index (χ4n) is 2.84. The van der Waals surface area contributed by atoms with Gasteiger partial charge in [0.05, 0.1) is 12.3 Å². The molecule has 2 rings (SSSR count). The smallest absolute Gasteiger partial charge is 0.342 e. The number of para-hydroxylation sites is 1. The van der Waals surface area contributed by atoms with E-state index >= 15 is 0 Å². The van der Waals surface area contributed by atoms with Crippen molar-refractivity contribution < 1.29 is 14.3 Å². The highest BCUT2D eigenvalue weighted by molar-refractivity contribution is 5.94. The van der Waals surface area contributed by atoms with E-state index in [1.807, 2.05) is 6.92 Å². The van der Waals surface area contributed by atoms with Crippen LogP contribution in [-0.2, 0) is 4.74 Å². The number of benzene rings is 1. The molecule has 116 valence electrons. The molecule has 1 fully saturated rings. The highest BCUT2D eigenvalue weighted by Crippen LogP contribution is 2.33. The maximum Gasteiger partial charge on any atom is 0.342 e. The standard InChI is InChI=1S/C17H25NO3/c1-4-20-16-14(6-5-7-15(16)18)17(19)21-13-9-8-11(2)12(3)10-13/h5-7,11-13H,4,8-10,18H2,1-3H3. The number of esters is 1. The van der Waals surface area contributed by atoms with Crippen LogP contribution in [0.3, 0.4) is 0 Å². The van der Waals surface area contributed by atoms with Crippen LogP contribution in [0.4, 0.5) is 5.69 Å². The minimum atomic E-state index is -0.336. The van der Waals surface area contributed by atoms with E-state index in [9.17, 15) is 4.79 Å². The Bertz CT molecular complexity index is 501.